The predicted octanol–water partition coefficient (Wildman–Crippen LogP) is 0.743. The van der Waals surface area contributed by atoms with Crippen LogP contribution in [0.15, 0.2) is 6.20 Å². The van der Waals surface area contributed by atoms with Crippen LogP contribution in [0.4, 0.5) is 5.82 Å². The third kappa shape index (κ3) is 2.69. The highest BCUT2D eigenvalue weighted by Gasteiger charge is 2.29. The number of nitrogens with zero attached hydrogens (tertiary/aromatic N) is 3. The molecule has 2 rings (SSSR count). The first-order valence-electron chi connectivity index (χ1n) is 6.16. The first-order valence-corrected chi connectivity index (χ1v) is 6.16. The lowest BCUT2D eigenvalue weighted by atomic mass is 9.97. The van der Waals surface area contributed by atoms with Crippen molar-refractivity contribution in [2.75, 3.05) is 25.6 Å². The van der Waals surface area contributed by atoms with Gasteiger partial charge in [-0.15, -0.1) is 0 Å². The van der Waals surface area contributed by atoms with Crippen LogP contribution in [0.2, 0.25) is 0 Å². The molecule has 1 aliphatic rings. The number of ether oxygens (including phenoxy) is 2. The van der Waals surface area contributed by atoms with Gasteiger partial charge in [-0.25, -0.2) is 4.79 Å². The molecular formula is C12H16N4O3. The molecule has 1 aromatic rings. The maximum Gasteiger partial charge on any atom is 0.343 e. The smallest absolute Gasteiger partial charge is 0.343 e. The largest absolute Gasteiger partial charge is 0.462 e. The molecule has 7 heteroatoms. The van der Waals surface area contributed by atoms with Crippen LogP contribution >= 0.6 is 0 Å². The van der Waals surface area contributed by atoms with Crippen molar-refractivity contribution in [3.63, 3.8) is 0 Å². The Labute approximate surface area is 110 Å². The van der Waals surface area contributed by atoms with E-state index in [0.29, 0.717) is 19.6 Å². The average molecular weight is 264 g/mol. The van der Waals surface area contributed by atoms with Crippen molar-refractivity contribution in [2.45, 2.75) is 19.4 Å². The van der Waals surface area contributed by atoms with Crippen LogP contribution in [-0.2, 0) is 9.47 Å². The summed E-state index contributed by atoms with van der Waals surface area (Å²) in [6.45, 7) is 2.95. The molecule has 0 aromatic carbocycles. The number of nitrogens with two attached hydrogens (primary N) is 1. The van der Waals surface area contributed by atoms with E-state index in [4.69, 9.17) is 20.5 Å². The minimum absolute atomic E-state index is 0.112. The van der Waals surface area contributed by atoms with Gasteiger partial charge in [0.15, 0.2) is 5.82 Å². The van der Waals surface area contributed by atoms with Gasteiger partial charge in [0.2, 0.25) is 0 Å². The minimum atomic E-state index is -0.503. The van der Waals surface area contributed by atoms with Crippen molar-refractivity contribution in [3.05, 3.63) is 11.8 Å². The van der Waals surface area contributed by atoms with Crippen molar-refractivity contribution in [1.29, 1.82) is 5.26 Å². The molecule has 102 valence electrons. The third-order valence-electron chi connectivity index (χ3n) is 3.09. The number of nitrogen functional groups attached to an aromatic ring is 1. The molecule has 1 aliphatic heterocycles. The summed E-state index contributed by atoms with van der Waals surface area (Å²) >= 11 is 0. The summed E-state index contributed by atoms with van der Waals surface area (Å²) in [5.41, 5.74) is 5.94. The molecule has 0 unspecified atom stereocenters. The molecule has 2 N–H and O–H groups in total. The number of carbonyl (C=O) groups is 1. The molecule has 19 heavy (non-hydrogen) atoms. The first-order chi connectivity index (χ1) is 9.17. The van der Waals surface area contributed by atoms with Crippen LogP contribution < -0.4 is 5.73 Å². The highest BCUT2D eigenvalue weighted by Crippen LogP contribution is 2.27. The second-order valence-electron chi connectivity index (χ2n) is 4.30. The van der Waals surface area contributed by atoms with Gasteiger partial charge >= 0.3 is 5.97 Å². The summed E-state index contributed by atoms with van der Waals surface area (Å²) < 4.78 is 11.8. The zero-order chi connectivity index (χ0) is 13.8. The number of hydrogen-bond donors (Lipinski definition) is 1. The maximum atomic E-state index is 11.7. The Hall–Kier alpha value is -2.07. The molecule has 0 spiro atoms. The number of esters is 1. The van der Waals surface area contributed by atoms with Gasteiger partial charge in [-0.2, -0.15) is 10.4 Å². The van der Waals surface area contributed by atoms with E-state index in [1.807, 2.05) is 0 Å². The van der Waals surface area contributed by atoms with Gasteiger partial charge in [0.1, 0.15) is 5.56 Å². The van der Waals surface area contributed by atoms with Crippen LogP contribution in [0.25, 0.3) is 0 Å². The van der Waals surface area contributed by atoms with E-state index < -0.39 is 5.97 Å². The summed E-state index contributed by atoms with van der Waals surface area (Å²) in [5.74, 6) is -0.583. The lowest BCUT2D eigenvalue weighted by Gasteiger charge is -2.26. The van der Waals surface area contributed by atoms with Gasteiger partial charge in [0, 0.05) is 12.8 Å². The molecule has 1 fully saturated rings. The lowest BCUT2D eigenvalue weighted by molar-refractivity contribution is 0.0340. The van der Waals surface area contributed by atoms with Crippen LogP contribution in [0, 0.1) is 17.2 Å². The fourth-order valence-electron chi connectivity index (χ4n) is 2.08. The Balaban J connectivity index is 2.23. The van der Waals surface area contributed by atoms with E-state index in [2.05, 4.69) is 11.2 Å². The summed E-state index contributed by atoms with van der Waals surface area (Å²) in [4.78, 5) is 11.7. The molecule has 0 amide bonds. The Morgan fingerprint density at radius 3 is 3.26 bits per heavy atom. The summed E-state index contributed by atoms with van der Waals surface area (Å²) in [6, 6.07) is 2.02. The summed E-state index contributed by atoms with van der Waals surface area (Å²) in [6.07, 6.45) is 2.17. The van der Waals surface area contributed by atoms with E-state index in [1.165, 1.54) is 10.9 Å². The van der Waals surface area contributed by atoms with Crippen molar-refractivity contribution in [1.82, 2.24) is 9.78 Å². The number of carbonyl (C=O) groups excluding carboxylic acids is 1. The van der Waals surface area contributed by atoms with E-state index in [0.717, 1.165) is 0 Å². The van der Waals surface area contributed by atoms with E-state index in [-0.39, 0.29) is 29.9 Å². The molecule has 2 atom stereocenters. The second kappa shape index (κ2) is 5.71. The molecule has 1 saturated heterocycles. The normalized spacial score (nSPS) is 22.7. The molecular weight excluding hydrogens is 248 g/mol. The number of hydrogen-bond acceptors (Lipinski definition) is 6. The monoisotopic (exact) mass is 264 g/mol. The summed E-state index contributed by atoms with van der Waals surface area (Å²) in [5, 5.41) is 13.2. The van der Waals surface area contributed by atoms with Crippen LogP contribution in [0.3, 0.4) is 0 Å². The number of aromatic nitrogens is 2. The standard InChI is InChI=1S/C12H16N4O3/c1-2-19-12(17)9-6-16(15-11(9)14)10-7-18-4-3-8(10)5-13/h6,8,10H,2-4,7H2,1H3,(H2,14,15)/t8-,10+/m1/s1. The SMILES string of the molecule is CCOC(=O)c1cn([C@H]2COCC[C@@H]2C#N)nc1N. The quantitative estimate of drug-likeness (QED) is 0.808. The Bertz CT molecular complexity index is 506. The molecule has 2 heterocycles. The zero-order valence-electron chi connectivity index (χ0n) is 10.7. The second-order valence-corrected chi connectivity index (χ2v) is 4.30. The van der Waals surface area contributed by atoms with E-state index in [9.17, 15) is 4.79 Å². The van der Waals surface area contributed by atoms with Gasteiger partial charge in [0.25, 0.3) is 0 Å². The van der Waals surface area contributed by atoms with Crippen molar-refractivity contribution < 1.29 is 14.3 Å². The van der Waals surface area contributed by atoms with Gasteiger partial charge in [-0.1, -0.05) is 0 Å². The van der Waals surface area contributed by atoms with Crippen molar-refractivity contribution >= 4 is 11.8 Å². The lowest BCUT2D eigenvalue weighted by Crippen LogP contribution is -2.29. The van der Waals surface area contributed by atoms with E-state index in [1.54, 1.807) is 6.92 Å². The molecule has 7 nitrogen and oxygen atoms in total. The fourth-order valence-corrected chi connectivity index (χ4v) is 2.08. The van der Waals surface area contributed by atoms with Crippen LogP contribution in [0.1, 0.15) is 29.7 Å². The summed E-state index contributed by atoms with van der Waals surface area (Å²) in [7, 11) is 0. The Morgan fingerprint density at radius 1 is 1.79 bits per heavy atom. The first kappa shape index (κ1) is 13.4. The average Bonchev–Trinajstić information content (AvgIpc) is 2.81. The van der Waals surface area contributed by atoms with Gasteiger partial charge < -0.3 is 15.2 Å². The number of rotatable bonds is 3. The molecule has 1 aromatic heterocycles. The number of anilines is 1. The topological polar surface area (TPSA) is 103 Å². The van der Waals surface area contributed by atoms with Crippen molar-refractivity contribution in [2.24, 2.45) is 5.92 Å². The van der Waals surface area contributed by atoms with Gasteiger partial charge in [0.05, 0.1) is 31.2 Å². The number of nitriles is 1. The third-order valence-corrected chi connectivity index (χ3v) is 3.09. The minimum Gasteiger partial charge on any atom is -0.462 e. The van der Waals surface area contributed by atoms with Gasteiger partial charge in [-0.05, 0) is 13.3 Å². The van der Waals surface area contributed by atoms with Crippen LogP contribution in [0.5, 0.6) is 0 Å². The zero-order valence-corrected chi connectivity index (χ0v) is 10.7. The highest BCUT2D eigenvalue weighted by atomic mass is 16.5. The highest BCUT2D eigenvalue weighted by molar-refractivity contribution is 5.93. The fraction of sp³-hybridized carbons (Fsp3) is 0.583. The Kier molecular flexibility index (Phi) is 4.02. The molecule has 0 saturated carbocycles. The van der Waals surface area contributed by atoms with E-state index >= 15 is 0 Å². The van der Waals surface area contributed by atoms with Crippen molar-refractivity contribution in [3.8, 4) is 6.07 Å². The predicted molar refractivity (Wildman–Crippen MR) is 66.2 cm³/mol. The van der Waals surface area contributed by atoms with Gasteiger partial charge in [-0.3, -0.25) is 4.68 Å². The maximum absolute atomic E-state index is 11.7. The Morgan fingerprint density at radius 2 is 2.58 bits per heavy atom. The molecule has 0 aliphatic carbocycles. The van der Waals surface area contributed by atoms with Crippen LogP contribution in [-0.4, -0.2) is 35.6 Å². The molecule has 0 radical (unpaired) electrons. The molecule has 0 bridgehead atoms.